The van der Waals surface area contributed by atoms with E-state index < -0.39 is 0 Å². The summed E-state index contributed by atoms with van der Waals surface area (Å²) in [4.78, 5) is 8.16. The molecular weight excluding hydrogens is 222 g/mol. The lowest BCUT2D eigenvalue weighted by molar-refractivity contribution is 0.692. The minimum atomic E-state index is 0.524. The van der Waals surface area contributed by atoms with E-state index in [2.05, 4.69) is 15.1 Å². The first kappa shape index (κ1) is 10.9. The Hall–Kier alpha value is -1.56. The monoisotopic (exact) mass is 235 g/mol. The maximum atomic E-state index is 5.73. The lowest BCUT2D eigenvalue weighted by atomic mass is 10.4. The molecule has 0 bridgehead atoms. The van der Waals surface area contributed by atoms with Crippen LogP contribution in [0.1, 0.15) is 11.3 Å². The second kappa shape index (κ2) is 4.13. The summed E-state index contributed by atoms with van der Waals surface area (Å²) in [6, 6.07) is 2.02. The van der Waals surface area contributed by atoms with Crippen LogP contribution < -0.4 is 5.73 Å². The highest BCUT2D eigenvalue weighted by Crippen LogP contribution is 2.29. The fourth-order valence-electron chi connectivity index (χ4n) is 1.33. The Labute approximate surface area is 98.1 Å². The predicted octanol–water partition coefficient (Wildman–Crippen LogP) is 1.56. The van der Waals surface area contributed by atoms with Crippen molar-refractivity contribution >= 4 is 17.6 Å². The molecule has 0 spiro atoms. The van der Waals surface area contributed by atoms with E-state index in [1.807, 2.05) is 31.6 Å². The van der Waals surface area contributed by atoms with Gasteiger partial charge < -0.3 is 5.73 Å². The van der Waals surface area contributed by atoms with Crippen LogP contribution in [0.3, 0.4) is 0 Å². The summed E-state index contributed by atoms with van der Waals surface area (Å²) in [5.41, 5.74) is 7.63. The van der Waals surface area contributed by atoms with E-state index in [-0.39, 0.29) is 0 Å². The van der Waals surface area contributed by atoms with Gasteiger partial charge in [0.05, 0.1) is 5.69 Å². The van der Waals surface area contributed by atoms with Crippen LogP contribution in [-0.2, 0) is 7.05 Å². The Morgan fingerprint density at radius 3 is 2.69 bits per heavy atom. The fourth-order valence-corrected chi connectivity index (χ4v) is 2.29. The summed E-state index contributed by atoms with van der Waals surface area (Å²) in [6.07, 6.45) is 1.48. The normalized spacial score (nSPS) is 10.7. The van der Waals surface area contributed by atoms with Gasteiger partial charge in [-0.25, -0.2) is 9.97 Å². The van der Waals surface area contributed by atoms with Crippen LogP contribution in [0.15, 0.2) is 22.4 Å². The van der Waals surface area contributed by atoms with Gasteiger partial charge in [-0.15, -0.1) is 0 Å². The minimum absolute atomic E-state index is 0.524. The Morgan fingerprint density at radius 1 is 1.31 bits per heavy atom. The molecule has 2 N–H and O–H groups in total. The molecule has 0 saturated heterocycles. The molecule has 0 saturated carbocycles. The number of aromatic nitrogens is 4. The molecule has 16 heavy (non-hydrogen) atoms. The summed E-state index contributed by atoms with van der Waals surface area (Å²) in [6.45, 7) is 3.88. The standard InChI is InChI=1S/C10H13N5S/c1-6-4-8(15(3)14-6)16-10-7(2)9(11)12-5-13-10/h4-5H,1-3H3,(H2,11,12,13). The van der Waals surface area contributed by atoms with Gasteiger partial charge in [0.15, 0.2) is 0 Å². The van der Waals surface area contributed by atoms with E-state index in [0.717, 1.165) is 21.3 Å². The minimum Gasteiger partial charge on any atom is -0.383 e. The molecule has 0 aliphatic rings. The summed E-state index contributed by atoms with van der Waals surface area (Å²) in [5.74, 6) is 0.524. The van der Waals surface area contributed by atoms with Gasteiger partial charge in [-0.2, -0.15) is 5.10 Å². The first-order valence-electron chi connectivity index (χ1n) is 4.83. The first-order chi connectivity index (χ1) is 7.58. The topological polar surface area (TPSA) is 69.6 Å². The molecule has 84 valence electrons. The van der Waals surface area contributed by atoms with Crippen molar-refractivity contribution in [3.63, 3.8) is 0 Å². The quantitative estimate of drug-likeness (QED) is 0.800. The number of nitrogen functional groups attached to an aromatic ring is 1. The number of aryl methyl sites for hydroxylation is 2. The van der Waals surface area contributed by atoms with Crippen molar-refractivity contribution in [1.29, 1.82) is 0 Å². The van der Waals surface area contributed by atoms with Gasteiger partial charge in [-0.1, -0.05) is 0 Å². The molecule has 0 aliphatic heterocycles. The van der Waals surface area contributed by atoms with Crippen LogP contribution in [0.4, 0.5) is 5.82 Å². The maximum Gasteiger partial charge on any atom is 0.130 e. The zero-order valence-electron chi connectivity index (χ0n) is 9.43. The number of rotatable bonds is 2. The smallest absolute Gasteiger partial charge is 0.130 e. The van der Waals surface area contributed by atoms with Crippen LogP contribution >= 0.6 is 11.8 Å². The summed E-state index contributed by atoms with van der Waals surface area (Å²) in [5, 5.41) is 6.19. The Morgan fingerprint density at radius 2 is 2.06 bits per heavy atom. The third kappa shape index (κ3) is 2.01. The molecular formula is C10H13N5S. The number of nitrogens with two attached hydrogens (primary N) is 1. The molecule has 5 nitrogen and oxygen atoms in total. The molecule has 0 radical (unpaired) electrons. The van der Waals surface area contributed by atoms with Crippen molar-refractivity contribution in [2.45, 2.75) is 23.9 Å². The molecule has 2 heterocycles. The summed E-state index contributed by atoms with van der Waals surface area (Å²) < 4.78 is 1.83. The van der Waals surface area contributed by atoms with Crippen molar-refractivity contribution in [1.82, 2.24) is 19.7 Å². The Bertz CT molecular complexity index is 520. The summed E-state index contributed by atoms with van der Waals surface area (Å²) in [7, 11) is 1.91. The summed E-state index contributed by atoms with van der Waals surface area (Å²) >= 11 is 1.55. The zero-order chi connectivity index (χ0) is 11.7. The van der Waals surface area contributed by atoms with E-state index in [9.17, 15) is 0 Å². The number of anilines is 1. The van der Waals surface area contributed by atoms with Crippen molar-refractivity contribution in [2.75, 3.05) is 5.73 Å². The van der Waals surface area contributed by atoms with Crippen LogP contribution in [0.2, 0.25) is 0 Å². The second-order valence-corrected chi connectivity index (χ2v) is 4.55. The maximum absolute atomic E-state index is 5.73. The lowest BCUT2D eigenvalue weighted by Crippen LogP contribution is -1.98. The third-order valence-corrected chi connectivity index (χ3v) is 3.43. The van der Waals surface area contributed by atoms with Gasteiger partial charge in [-0.3, -0.25) is 4.68 Å². The number of nitrogens with zero attached hydrogens (tertiary/aromatic N) is 4. The highest BCUT2D eigenvalue weighted by molar-refractivity contribution is 7.99. The molecule has 2 aromatic rings. The molecule has 2 rings (SSSR count). The molecule has 0 aromatic carbocycles. The van der Waals surface area contributed by atoms with E-state index in [4.69, 9.17) is 5.73 Å². The molecule has 0 unspecified atom stereocenters. The average molecular weight is 235 g/mol. The highest BCUT2D eigenvalue weighted by atomic mass is 32.2. The van der Waals surface area contributed by atoms with Crippen LogP contribution in [-0.4, -0.2) is 19.7 Å². The van der Waals surface area contributed by atoms with E-state index in [1.165, 1.54) is 6.33 Å². The third-order valence-electron chi connectivity index (χ3n) is 2.24. The number of hydrogen-bond donors (Lipinski definition) is 1. The Balaban J connectivity index is 2.34. The molecule has 0 aliphatic carbocycles. The van der Waals surface area contributed by atoms with Crippen molar-refractivity contribution in [2.24, 2.45) is 7.05 Å². The first-order valence-corrected chi connectivity index (χ1v) is 5.65. The van der Waals surface area contributed by atoms with Crippen molar-refractivity contribution < 1.29 is 0 Å². The molecule has 0 atom stereocenters. The van der Waals surface area contributed by atoms with Crippen LogP contribution in [0, 0.1) is 13.8 Å². The molecule has 0 fully saturated rings. The second-order valence-electron chi connectivity index (χ2n) is 3.54. The van der Waals surface area contributed by atoms with Gasteiger partial charge in [0, 0.05) is 12.6 Å². The van der Waals surface area contributed by atoms with Crippen molar-refractivity contribution in [3.05, 3.63) is 23.7 Å². The van der Waals surface area contributed by atoms with E-state index in [1.54, 1.807) is 11.8 Å². The molecule has 0 amide bonds. The van der Waals surface area contributed by atoms with Crippen LogP contribution in [0.25, 0.3) is 0 Å². The van der Waals surface area contributed by atoms with E-state index >= 15 is 0 Å². The van der Waals surface area contributed by atoms with Gasteiger partial charge in [-0.05, 0) is 31.7 Å². The SMILES string of the molecule is Cc1cc(Sc2ncnc(N)c2C)n(C)n1. The zero-order valence-corrected chi connectivity index (χ0v) is 10.2. The van der Waals surface area contributed by atoms with Crippen LogP contribution in [0.5, 0.6) is 0 Å². The molecule has 6 heteroatoms. The van der Waals surface area contributed by atoms with Gasteiger partial charge in [0.1, 0.15) is 22.2 Å². The van der Waals surface area contributed by atoms with Gasteiger partial charge >= 0.3 is 0 Å². The lowest BCUT2D eigenvalue weighted by Gasteiger charge is -2.05. The van der Waals surface area contributed by atoms with E-state index in [0.29, 0.717) is 5.82 Å². The largest absolute Gasteiger partial charge is 0.383 e. The highest BCUT2D eigenvalue weighted by Gasteiger charge is 2.09. The fraction of sp³-hybridized carbons (Fsp3) is 0.300. The average Bonchev–Trinajstić information content (AvgIpc) is 2.53. The molecule has 2 aromatic heterocycles. The Kier molecular flexibility index (Phi) is 2.82. The number of hydrogen-bond acceptors (Lipinski definition) is 5. The van der Waals surface area contributed by atoms with Crippen molar-refractivity contribution in [3.8, 4) is 0 Å². The van der Waals surface area contributed by atoms with Gasteiger partial charge in [0.25, 0.3) is 0 Å². The van der Waals surface area contributed by atoms with Gasteiger partial charge in [0.2, 0.25) is 0 Å². The predicted molar refractivity (Wildman–Crippen MR) is 63.2 cm³/mol.